The van der Waals surface area contributed by atoms with Crippen molar-refractivity contribution in [1.82, 2.24) is 14.5 Å². The highest BCUT2D eigenvalue weighted by Gasteiger charge is 2.14. The number of aromatic nitrogens is 3. The van der Waals surface area contributed by atoms with E-state index in [2.05, 4.69) is 16.0 Å². The van der Waals surface area contributed by atoms with E-state index in [1.165, 1.54) is 0 Å². The number of ether oxygens (including phenoxy) is 1. The molecule has 19 heavy (non-hydrogen) atoms. The highest BCUT2D eigenvalue weighted by molar-refractivity contribution is 5.89. The molecular formula is C14H10N4O. The molecule has 0 aliphatic heterocycles. The molecule has 0 fully saturated rings. The van der Waals surface area contributed by atoms with Crippen LogP contribution < -0.4 is 4.74 Å². The van der Waals surface area contributed by atoms with Crippen LogP contribution in [0.4, 0.5) is 0 Å². The van der Waals surface area contributed by atoms with Crippen LogP contribution in [0.5, 0.6) is 5.75 Å². The molecule has 0 spiro atoms. The van der Waals surface area contributed by atoms with Gasteiger partial charge in [0, 0.05) is 17.8 Å². The van der Waals surface area contributed by atoms with Crippen LogP contribution in [0.3, 0.4) is 0 Å². The maximum atomic E-state index is 9.28. The van der Waals surface area contributed by atoms with Gasteiger partial charge < -0.3 is 4.74 Å². The largest absolute Gasteiger partial charge is 0.496 e. The molecule has 1 aromatic carbocycles. The maximum Gasteiger partial charge on any atom is 0.235 e. The number of nitriles is 1. The van der Waals surface area contributed by atoms with Crippen LogP contribution in [0.2, 0.25) is 0 Å². The first-order valence-electron chi connectivity index (χ1n) is 5.71. The summed E-state index contributed by atoms with van der Waals surface area (Å²) in [4.78, 5) is 8.39. The second kappa shape index (κ2) is 4.42. The fraction of sp³-hybridized carbons (Fsp3) is 0.0714. The van der Waals surface area contributed by atoms with Gasteiger partial charge in [0.2, 0.25) is 5.95 Å². The van der Waals surface area contributed by atoms with Crippen molar-refractivity contribution in [3.8, 4) is 17.8 Å². The molecular weight excluding hydrogens is 240 g/mol. The molecule has 0 N–H and O–H groups in total. The minimum atomic E-state index is 0.474. The van der Waals surface area contributed by atoms with E-state index in [-0.39, 0.29) is 0 Å². The fourth-order valence-electron chi connectivity index (χ4n) is 2.09. The molecule has 0 unspecified atom stereocenters. The number of rotatable bonds is 2. The lowest BCUT2D eigenvalue weighted by Gasteiger charge is -2.05. The summed E-state index contributed by atoms with van der Waals surface area (Å²) < 4.78 is 7.03. The van der Waals surface area contributed by atoms with Crippen LogP contribution >= 0.6 is 0 Å². The summed E-state index contributed by atoms with van der Waals surface area (Å²) in [5.41, 5.74) is 1.33. The summed E-state index contributed by atoms with van der Waals surface area (Å²) in [6.07, 6.45) is 3.30. The van der Waals surface area contributed by atoms with Gasteiger partial charge in [0.1, 0.15) is 17.5 Å². The molecule has 92 valence electrons. The zero-order chi connectivity index (χ0) is 13.2. The standard InChI is InChI=1S/C14H10N4O/c1-19-13-5-2-4-12-11(13)8-10(9-15)18(12)14-16-6-3-7-17-14/h2-8H,1H3. The van der Waals surface area contributed by atoms with Gasteiger partial charge in [0.05, 0.1) is 12.6 Å². The first kappa shape index (κ1) is 11.2. The van der Waals surface area contributed by atoms with Crippen LogP contribution in [-0.4, -0.2) is 21.6 Å². The van der Waals surface area contributed by atoms with Crippen molar-refractivity contribution in [2.75, 3.05) is 7.11 Å². The van der Waals surface area contributed by atoms with E-state index in [1.54, 1.807) is 36.2 Å². The first-order chi connectivity index (χ1) is 9.35. The lowest BCUT2D eigenvalue weighted by molar-refractivity contribution is 0.420. The second-order valence-electron chi connectivity index (χ2n) is 3.92. The van der Waals surface area contributed by atoms with Crippen molar-refractivity contribution in [2.24, 2.45) is 0 Å². The average molecular weight is 250 g/mol. The average Bonchev–Trinajstić information content (AvgIpc) is 2.86. The Labute approximate surface area is 109 Å². The highest BCUT2D eigenvalue weighted by atomic mass is 16.5. The molecule has 0 saturated heterocycles. The SMILES string of the molecule is COc1cccc2c1cc(C#N)n2-c1ncccn1. The lowest BCUT2D eigenvalue weighted by atomic mass is 10.2. The van der Waals surface area contributed by atoms with E-state index in [9.17, 15) is 5.26 Å². The predicted octanol–water partition coefficient (Wildman–Crippen LogP) is 2.30. The van der Waals surface area contributed by atoms with Crippen molar-refractivity contribution in [2.45, 2.75) is 0 Å². The van der Waals surface area contributed by atoms with E-state index in [0.29, 0.717) is 11.6 Å². The van der Waals surface area contributed by atoms with E-state index >= 15 is 0 Å². The lowest BCUT2D eigenvalue weighted by Crippen LogP contribution is -2.01. The summed E-state index contributed by atoms with van der Waals surface area (Å²) in [6, 6.07) is 11.3. The molecule has 0 bridgehead atoms. The van der Waals surface area contributed by atoms with Gasteiger partial charge >= 0.3 is 0 Å². The molecule has 2 aromatic heterocycles. The smallest absolute Gasteiger partial charge is 0.235 e. The Hall–Kier alpha value is -2.87. The zero-order valence-electron chi connectivity index (χ0n) is 10.2. The highest BCUT2D eigenvalue weighted by Crippen LogP contribution is 2.29. The number of hydrogen-bond acceptors (Lipinski definition) is 4. The molecule has 0 aliphatic rings. The molecule has 5 heteroatoms. The third kappa shape index (κ3) is 1.70. The van der Waals surface area contributed by atoms with Crippen molar-refractivity contribution in [1.29, 1.82) is 5.26 Å². The van der Waals surface area contributed by atoms with E-state index in [4.69, 9.17) is 4.74 Å². The van der Waals surface area contributed by atoms with Gasteiger partial charge in [-0.25, -0.2) is 9.97 Å². The van der Waals surface area contributed by atoms with Gasteiger partial charge in [-0.3, -0.25) is 4.57 Å². The first-order valence-corrected chi connectivity index (χ1v) is 5.71. The minimum absolute atomic E-state index is 0.474. The molecule has 3 aromatic rings. The monoisotopic (exact) mass is 250 g/mol. The van der Waals surface area contributed by atoms with Gasteiger partial charge in [-0.05, 0) is 24.3 Å². The topological polar surface area (TPSA) is 63.7 Å². The van der Waals surface area contributed by atoms with Crippen LogP contribution in [-0.2, 0) is 0 Å². The van der Waals surface area contributed by atoms with Crippen LogP contribution in [0, 0.1) is 11.3 Å². The molecule has 2 heterocycles. The number of benzene rings is 1. The Morgan fingerprint density at radius 1 is 1.21 bits per heavy atom. The van der Waals surface area contributed by atoms with Crippen LogP contribution in [0.15, 0.2) is 42.7 Å². The Morgan fingerprint density at radius 3 is 2.68 bits per heavy atom. The quantitative estimate of drug-likeness (QED) is 0.700. The van der Waals surface area contributed by atoms with Gasteiger partial charge in [-0.1, -0.05) is 6.07 Å². The van der Waals surface area contributed by atoms with Gasteiger partial charge in [0.15, 0.2) is 0 Å². The molecule has 5 nitrogen and oxygen atoms in total. The molecule has 0 aliphatic carbocycles. The van der Waals surface area contributed by atoms with Crippen LogP contribution in [0.1, 0.15) is 5.69 Å². The Kier molecular flexibility index (Phi) is 2.62. The number of methoxy groups -OCH3 is 1. The van der Waals surface area contributed by atoms with Crippen molar-refractivity contribution in [3.05, 3.63) is 48.4 Å². The molecule has 0 saturated carbocycles. The van der Waals surface area contributed by atoms with E-state index in [0.717, 1.165) is 16.7 Å². The fourth-order valence-corrected chi connectivity index (χ4v) is 2.09. The Balaban J connectivity index is 2.39. The third-order valence-electron chi connectivity index (χ3n) is 2.89. The van der Waals surface area contributed by atoms with Gasteiger partial charge in [0.25, 0.3) is 0 Å². The Morgan fingerprint density at radius 2 is 2.00 bits per heavy atom. The minimum Gasteiger partial charge on any atom is -0.496 e. The summed E-state index contributed by atoms with van der Waals surface area (Å²) in [5.74, 6) is 1.20. The van der Waals surface area contributed by atoms with Gasteiger partial charge in [-0.15, -0.1) is 0 Å². The Bertz CT molecular complexity index is 771. The summed E-state index contributed by atoms with van der Waals surface area (Å²) in [5, 5.41) is 10.1. The summed E-state index contributed by atoms with van der Waals surface area (Å²) in [7, 11) is 1.61. The van der Waals surface area contributed by atoms with E-state index in [1.807, 2.05) is 18.2 Å². The maximum absolute atomic E-state index is 9.28. The molecule has 0 atom stereocenters. The van der Waals surface area contributed by atoms with Crippen molar-refractivity contribution < 1.29 is 4.74 Å². The van der Waals surface area contributed by atoms with Gasteiger partial charge in [-0.2, -0.15) is 5.26 Å². The zero-order valence-corrected chi connectivity index (χ0v) is 10.2. The normalized spacial score (nSPS) is 10.3. The number of fused-ring (bicyclic) bond motifs is 1. The number of hydrogen-bond donors (Lipinski definition) is 0. The van der Waals surface area contributed by atoms with Crippen molar-refractivity contribution >= 4 is 10.9 Å². The summed E-state index contributed by atoms with van der Waals surface area (Å²) in [6.45, 7) is 0. The third-order valence-corrected chi connectivity index (χ3v) is 2.89. The van der Waals surface area contributed by atoms with Crippen LogP contribution in [0.25, 0.3) is 16.9 Å². The predicted molar refractivity (Wildman–Crippen MR) is 70.1 cm³/mol. The number of nitrogens with zero attached hydrogens (tertiary/aromatic N) is 4. The second-order valence-corrected chi connectivity index (χ2v) is 3.92. The molecule has 0 radical (unpaired) electrons. The van der Waals surface area contributed by atoms with E-state index < -0.39 is 0 Å². The molecule has 3 rings (SSSR count). The molecule has 0 amide bonds. The van der Waals surface area contributed by atoms with Crippen molar-refractivity contribution in [3.63, 3.8) is 0 Å². The summed E-state index contributed by atoms with van der Waals surface area (Å²) >= 11 is 0.